The van der Waals surface area contributed by atoms with E-state index in [-0.39, 0.29) is 6.03 Å². The van der Waals surface area contributed by atoms with Crippen LogP contribution in [0.5, 0.6) is 0 Å². The zero-order chi connectivity index (χ0) is 24.1. The van der Waals surface area contributed by atoms with Crippen molar-refractivity contribution < 1.29 is 4.79 Å². The lowest BCUT2D eigenvalue weighted by molar-refractivity contribution is 0.172. The Balaban J connectivity index is 1.32. The molecule has 0 aliphatic carbocycles. The molecule has 34 heavy (non-hydrogen) atoms. The molecule has 2 aromatic rings. The van der Waals surface area contributed by atoms with Gasteiger partial charge in [0.25, 0.3) is 0 Å². The lowest BCUT2D eigenvalue weighted by Crippen LogP contribution is -2.40. The van der Waals surface area contributed by atoms with Crippen LogP contribution in [0.4, 0.5) is 22.2 Å². The number of likely N-dealkylation sites (tertiary alicyclic amines) is 1. The number of anilines is 3. The van der Waals surface area contributed by atoms with E-state index in [4.69, 9.17) is 16.7 Å². The molecule has 0 atom stereocenters. The molecule has 0 unspecified atom stereocenters. The van der Waals surface area contributed by atoms with Gasteiger partial charge in [0.2, 0.25) is 5.95 Å². The summed E-state index contributed by atoms with van der Waals surface area (Å²) in [6.45, 7) is 7.18. The molecule has 186 valence electrons. The minimum Gasteiger partial charge on any atom is -0.369 e. The van der Waals surface area contributed by atoms with Gasteiger partial charge in [-0.15, -0.1) is 0 Å². The van der Waals surface area contributed by atoms with Gasteiger partial charge < -0.3 is 25.3 Å². The summed E-state index contributed by atoms with van der Waals surface area (Å²) in [5, 5.41) is 11.8. The lowest BCUT2D eigenvalue weighted by atomic mass is 10.1. The highest BCUT2D eigenvalue weighted by atomic mass is 35.5. The van der Waals surface area contributed by atoms with Crippen molar-refractivity contribution in [1.29, 1.82) is 0 Å². The van der Waals surface area contributed by atoms with Crippen molar-refractivity contribution in [1.82, 2.24) is 34.4 Å². The molecule has 4 heterocycles. The first-order chi connectivity index (χ1) is 16.4. The number of hydrogen-bond donors (Lipinski definition) is 2. The Morgan fingerprint density at radius 2 is 1.91 bits per heavy atom. The topological polar surface area (TPSA) is 94.5 Å². The maximum atomic E-state index is 12.4. The van der Waals surface area contributed by atoms with Crippen LogP contribution in [0.25, 0.3) is 0 Å². The van der Waals surface area contributed by atoms with E-state index in [1.54, 1.807) is 11.1 Å². The van der Waals surface area contributed by atoms with Crippen LogP contribution >= 0.6 is 11.6 Å². The third-order valence-electron chi connectivity index (χ3n) is 6.64. The lowest BCUT2D eigenvalue weighted by Gasteiger charge is -2.28. The zero-order valence-corrected chi connectivity index (χ0v) is 21.2. The summed E-state index contributed by atoms with van der Waals surface area (Å²) >= 11 is 6.33. The summed E-state index contributed by atoms with van der Waals surface area (Å²) in [4.78, 5) is 27.4. The Kier molecular flexibility index (Phi) is 8.10. The summed E-state index contributed by atoms with van der Waals surface area (Å²) in [5.41, 5.74) is 1.81. The second-order valence-electron chi connectivity index (χ2n) is 9.34. The summed E-state index contributed by atoms with van der Waals surface area (Å²) in [6, 6.07) is 0.532. The Morgan fingerprint density at radius 1 is 1.15 bits per heavy atom. The predicted molar refractivity (Wildman–Crippen MR) is 135 cm³/mol. The molecule has 0 radical (unpaired) electrons. The first kappa shape index (κ1) is 24.5. The molecular weight excluding hydrogens is 454 g/mol. The summed E-state index contributed by atoms with van der Waals surface area (Å²) in [7, 11) is 4.03. The van der Waals surface area contributed by atoms with Crippen LogP contribution in [0, 0.1) is 6.92 Å². The van der Waals surface area contributed by atoms with Crippen molar-refractivity contribution >= 4 is 35.1 Å². The maximum Gasteiger partial charge on any atom is 0.319 e. The van der Waals surface area contributed by atoms with Gasteiger partial charge in [-0.05, 0) is 59.2 Å². The van der Waals surface area contributed by atoms with Crippen LogP contribution in [-0.4, -0.2) is 93.8 Å². The van der Waals surface area contributed by atoms with Crippen molar-refractivity contribution in [2.24, 2.45) is 0 Å². The highest BCUT2D eigenvalue weighted by Gasteiger charge is 2.21. The largest absolute Gasteiger partial charge is 0.369 e. The van der Waals surface area contributed by atoms with Crippen LogP contribution < -0.4 is 10.6 Å². The molecule has 0 bridgehead atoms. The van der Waals surface area contributed by atoms with Crippen LogP contribution in [0.1, 0.15) is 43.8 Å². The molecule has 2 amide bonds. The van der Waals surface area contributed by atoms with Crippen LogP contribution in [0.3, 0.4) is 0 Å². The van der Waals surface area contributed by atoms with Gasteiger partial charge in [0.1, 0.15) is 10.8 Å². The van der Waals surface area contributed by atoms with Crippen LogP contribution in [0.2, 0.25) is 5.02 Å². The number of nitrogens with one attached hydrogen (secondary N) is 2. The van der Waals surface area contributed by atoms with E-state index < -0.39 is 0 Å². The number of piperidine rings is 1. The Bertz CT molecular complexity index is 973. The van der Waals surface area contributed by atoms with E-state index in [1.807, 2.05) is 25.1 Å². The molecule has 2 fully saturated rings. The number of urea groups is 1. The number of aromatic nitrogens is 4. The molecular formula is C23H36ClN9O. The predicted octanol–water partition coefficient (Wildman–Crippen LogP) is 3.59. The Labute approximate surface area is 206 Å². The van der Waals surface area contributed by atoms with Crippen LogP contribution in [-0.2, 0) is 0 Å². The van der Waals surface area contributed by atoms with E-state index in [9.17, 15) is 4.79 Å². The first-order valence-corrected chi connectivity index (χ1v) is 12.6. The maximum absolute atomic E-state index is 12.4. The van der Waals surface area contributed by atoms with Crippen molar-refractivity contribution in [3.63, 3.8) is 0 Å². The van der Waals surface area contributed by atoms with Gasteiger partial charge >= 0.3 is 6.03 Å². The Hall–Kier alpha value is -2.59. The molecule has 2 saturated heterocycles. The summed E-state index contributed by atoms with van der Waals surface area (Å²) in [6.07, 6.45) is 8.76. The number of carbonyl (C=O) groups excluding carboxylic acids is 1. The van der Waals surface area contributed by atoms with Gasteiger partial charge in [0.15, 0.2) is 0 Å². The van der Waals surface area contributed by atoms with Gasteiger partial charge in [-0.3, -0.25) is 4.68 Å². The third-order valence-corrected chi connectivity index (χ3v) is 6.91. The van der Waals surface area contributed by atoms with Crippen LogP contribution in [0.15, 0.2) is 12.4 Å². The van der Waals surface area contributed by atoms with Crippen molar-refractivity contribution in [2.45, 2.75) is 45.1 Å². The highest BCUT2D eigenvalue weighted by molar-refractivity contribution is 6.32. The van der Waals surface area contributed by atoms with E-state index in [0.717, 1.165) is 69.7 Å². The van der Waals surface area contributed by atoms with Gasteiger partial charge in [0.05, 0.1) is 23.6 Å². The van der Waals surface area contributed by atoms with Gasteiger partial charge in [0, 0.05) is 39.4 Å². The molecule has 2 aliphatic heterocycles. The Morgan fingerprint density at radius 3 is 2.71 bits per heavy atom. The molecule has 10 nitrogen and oxygen atoms in total. The zero-order valence-electron chi connectivity index (χ0n) is 20.4. The summed E-state index contributed by atoms with van der Waals surface area (Å²) in [5.74, 6) is 1.06. The number of carbonyl (C=O) groups is 1. The molecule has 2 aliphatic rings. The summed E-state index contributed by atoms with van der Waals surface area (Å²) < 4.78 is 2.07. The quantitative estimate of drug-likeness (QED) is 0.547. The minimum absolute atomic E-state index is 0.111. The van der Waals surface area contributed by atoms with Crippen molar-refractivity contribution in [2.75, 3.05) is 64.0 Å². The molecule has 11 heteroatoms. The number of hydrogen-bond acceptors (Lipinski definition) is 7. The second kappa shape index (κ2) is 11.2. The molecule has 0 spiro atoms. The smallest absolute Gasteiger partial charge is 0.319 e. The number of amides is 2. The monoisotopic (exact) mass is 489 g/mol. The average Bonchev–Trinajstić information content (AvgIpc) is 3.11. The molecule has 4 rings (SSSR count). The van der Waals surface area contributed by atoms with Gasteiger partial charge in [-0.1, -0.05) is 11.6 Å². The van der Waals surface area contributed by atoms with Gasteiger partial charge in [-0.2, -0.15) is 10.1 Å². The molecule has 2 N–H and O–H groups in total. The number of aryl methyl sites for hydroxylation is 1. The second-order valence-corrected chi connectivity index (χ2v) is 9.74. The van der Waals surface area contributed by atoms with E-state index in [0.29, 0.717) is 35.9 Å². The molecule has 0 aromatic carbocycles. The fourth-order valence-electron chi connectivity index (χ4n) is 4.49. The van der Waals surface area contributed by atoms with E-state index in [1.165, 1.54) is 0 Å². The average molecular weight is 490 g/mol. The van der Waals surface area contributed by atoms with Crippen molar-refractivity contribution in [3.05, 3.63) is 23.1 Å². The number of halogens is 1. The number of nitrogens with zero attached hydrogens (tertiary/aromatic N) is 7. The third kappa shape index (κ3) is 6.09. The minimum atomic E-state index is 0.111. The normalized spacial score (nSPS) is 18.3. The fourth-order valence-corrected chi connectivity index (χ4v) is 4.65. The number of rotatable bonds is 8. The fraction of sp³-hybridized carbons (Fsp3) is 0.652. The molecule has 2 aromatic heterocycles. The van der Waals surface area contributed by atoms with E-state index >= 15 is 0 Å². The van der Waals surface area contributed by atoms with E-state index in [2.05, 4.69) is 37.2 Å². The molecule has 0 saturated carbocycles. The standard InChI is InChI=1S/C23H36ClN9O/c1-17-20(16-33(29-17)18-7-13-30(2)14-8-18)27-22-26-15-19(24)21(28-22)25-9-6-12-32-11-5-4-10-31(3)23(32)34/h15-16,18H,4-14H2,1-3H3,(H2,25,26,27,28). The SMILES string of the molecule is Cc1nn(C2CCN(C)CC2)cc1Nc1ncc(Cl)c(NCCCN2CCCCN(C)C2=O)n1. The highest BCUT2D eigenvalue weighted by Crippen LogP contribution is 2.26. The first-order valence-electron chi connectivity index (χ1n) is 12.2. The van der Waals surface area contributed by atoms with Crippen molar-refractivity contribution in [3.8, 4) is 0 Å². The van der Waals surface area contributed by atoms with Gasteiger partial charge in [-0.25, -0.2) is 9.78 Å².